The summed E-state index contributed by atoms with van der Waals surface area (Å²) < 4.78 is 0. The Hall–Kier alpha value is -10.3. The zero-order valence-electron chi connectivity index (χ0n) is 59.2. The highest BCUT2D eigenvalue weighted by molar-refractivity contribution is 8.00. The summed E-state index contributed by atoms with van der Waals surface area (Å²) >= 11 is 1.00. The number of amides is 15. The summed E-state index contributed by atoms with van der Waals surface area (Å²) in [6.45, 7) is 3.62. The van der Waals surface area contributed by atoms with E-state index in [9.17, 15) is 122 Å². The van der Waals surface area contributed by atoms with E-state index in [1.54, 1.807) is 12.1 Å². The number of urea groups is 2. The lowest BCUT2D eigenvalue weighted by molar-refractivity contribution is -0.166. The largest absolute Gasteiger partial charge is 0.481 e. The highest BCUT2D eigenvalue weighted by Gasteiger charge is 2.39. The second-order valence-corrected chi connectivity index (χ2v) is 26.0. The number of thioether (sulfide) groups is 1. The zero-order valence-corrected chi connectivity index (χ0v) is 60.0. The van der Waals surface area contributed by atoms with Gasteiger partial charge in [-0.2, -0.15) is 0 Å². The molecule has 1 fully saturated rings. The number of carboxylic acid groups (broad SMARTS) is 5. The van der Waals surface area contributed by atoms with Gasteiger partial charge in [-0.1, -0.05) is 24.3 Å². The van der Waals surface area contributed by atoms with Crippen molar-refractivity contribution in [1.82, 2.24) is 73.3 Å². The van der Waals surface area contributed by atoms with Gasteiger partial charge in [0.05, 0.1) is 24.5 Å². The molecule has 1 aliphatic rings. The van der Waals surface area contributed by atoms with Crippen LogP contribution in [0.3, 0.4) is 0 Å². The van der Waals surface area contributed by atoms with E-state index in [4.69, 9.17) is 5.11 Å². The number of imide groups is 1. The van der Waals surface area contributed by atoms with Crippen LogP contribution < -0.4 is 53.2 Å². The summed E-state index contributed by atoms with van der Waals surface area (Å²) in [5.41, 5.74) is 0.954. The van der Waals surface area contributed by atoms with Gasteiger partial charge in [-0.15, -0.1) is 11.8 Å². The molecule has 1 aliphatic heterocycles. The van der Waals surface area contributed by atoms with E-state index in [2.05, 4.69) is 47.9 Å². The van der Waals surface area contributed by atoms with Crippen molar-refractivity contribution in [2.75, 3.05) is 58.1 Å². The number of hydrogen-bond donors (Lipinski definition) is 18. The van der Waals surface area contributed by atoms with Crippen LogP contribution in [0.4, 0.5) is 9.59 Å². The first kappa shape index (κ1) is 91.8. The number of carbonyl (C=O) groups excluding carboxylic acids is 13. The molecule has 106 heavy (non-hydrogen) atoms. The molecule has 18 N–H and O–H groups in total. The van der Waals surface area contributed by atoms with Crippen molar-refractivity contribution in [3.63, 3.8) is 0 Å². The minimum absolute atomic E-state index is 0.00655. The second kappa shape index (κ2) is 51.0. The lowest BCUT2D eigenvalue weighted by atomic mass is 10.1. The molecule has 40 nitrogen and oxygen atoms in total. The predicted octanol–water partition coefficient (Wildman–Crippen LogP) is -0.963. The number of rotatable bonds is 55. The number of likely N-dealkylation sites (tertiary alicyclic amines) is 1. The highest BCUT2D eigenvalue weighted by Crippen LogP contribution is 2.26. The number of carboxylic acids is 5. The molecule has 15 amide bonds. The Balaban J connectivity index is 1.67. The van der Waals surface area contributed by atoms with Crippen LogP contribution in [0, 0.1) is 0 Å². The molecule has 1 saturated heterocycles. The average molecular weight is 1530 g/mol. The summed E-state index contributed by atoms with van der Waals surface area (Å²) in [4.78, 5) is 222. The fourth-order valence-electron chi connectivity index (χ4n) is 9.93. The van der Waals surface area contributed by atoms with Crippen molar-refractivity contribution < 1.29 is 127 Å². The first-order chi connectivity index (χ1) is 50.1. The van der Waals surface area contributed by atoms with E-state index in [0.717, 1.165) is 16.7 Å². The molecule has 41 heteroatoms. The molecule has 6 atom stereocenters. The standard InChI is InChI=1S/C65H100N14O26S/c1-40(39-106-48-37-55(87)76(61(48)96)33-25-51(83)68-28-9-5-13-32-79(105)54(86)23-21-50(82)67-27-8-4-12-31-78(104)53(85)22-20-49(81)66-26-7-3-11-30-77(103)41(2)80)71-59(94)47(36-58(92)93)73-60(95)46(35-57(90)91)72-52(84)34-42-15-17-43(18-16-42)38-70-64(101)69-29-10-6-14-44(62(97)98)74-65(102)75-45(63(99)100)19-24-56(88)89/h15-18,40,44-48,103-105H,3-14,19-39H2,1-2H3,(H,66,81)(H,67,82)(H,68,83)(H,71,94)(H,72,84)(H,73,95)(H,88,89)(H,90,91)(H,92,93)(H,97,98)(H,99,100)(H2,69,70,101)(H2,74,75,102)/t40-,44+,45+,46+,47+,48?/m1/s1. The Morgan fingerprint density at radius 3 is 1.42 bits per heavy atom. The summed E-state index contributed by atoms with van der Waals surface area (Å²) in [6.07, 6.45) is 0.480. The van der Waals surface area contributed by atoms with E-state index in [1.807, 2.05) is 5.32 Å². The number of unbranched alkanes of at least 4 members (excludes halogenated alkanes) is 7. The third kappa shape index (κ3) is 40.7. The van der Waals surface area contributed by atoms with Gasteiger partial charge < -0.3 is 78.7 Å². The molecule has 592 valence electrons. The lowest BCUT2D eigenvalue weighted by Crippen LogP contribution is -2.56. The maximum Gasteiger partial charge on any atom is 0.326 e. The van der Waals surface area contributed by atoms with E-state index in [-0.39, 0.29) is 128 Å². The van der Waals surface area contributed by atoms with Gasteiger partial charge in [0.25, 0.3) is 0 Å². The summed E-state index contributed by atoms with van der Waals surface area (Å²) in [5, 5.41) is 101. The molecular weight excluding hydrogens is 1420 g/mol. The van der Waals surface area contributed by atoms with Gasteiger partial charge in [-0.25, -0.2) is 34.4 Å². The van der Waals surface area contributed by atoms with Gasteiger partial charge in [0.1, 0.15) is 24.2 Å². The number of carbonyl (C=O) groups is 18. The molecule has 0 radical (unpaired) electrons. The number of aliphatic carboxylic acids is 5. The first-order valence-electron chi connectivity index (χ1n) is 34.5. The van der Waals surface area contributed by atoms with Crippen molar-refractivity contribution in [3.8, 4) is 0 Å². The molecule has 0 spiro atoms. The molecule has 0 aromatic heterocycles. The maximum atomic E-state index is 13.4. The Morgan fingerprint density at radius 2 is 0.925 bits per heavy atom. The normalized spacial score (nSPS) is 13.7. The van der Waals surface area contributed by atoms with E-state index in [0.29, 0.717) is 90.6 Å². The minimum atomic E-state index is -1.78. The molecule has 1 aromatic carbocycles. The molecule has 0 bridgehead atoms. The smallest absolute Gasteiger partial charge is 0.326 e. The fourth-order valence-corrected chi connectivity index (χ4v) is 11.1. The molecule has 2 rings (SSSR count). The van der Waals surface area contributed by atoms with Gasteiger partial charge >= 0.3 is 41.9 Å². The summed E-state index contributed by atoms with van der Waals surface area (Å²) in [7, 11) is 0. The summed E-state index contributed by atoms with van der Waals surface area (Å²) in [6, 6.07) is -2.94. The number of nitrogens with zero attached hydrogens (tertiary/aromatic N) is 4. The van der Waals surface area contributed by atoms with Gasteiger partial charge in [-0.05, 0) is 102 Å². The zero-order chi connectivity index (χ0) is 79.3. The van der Waals surface area contributed by atoms with Crippen LogP contribution in [-0.2, 0) is 89.7 Å². The summed E-state index contributed by atoms with van der Waals surface area (Å²) in [5.74, 6) is -14.4. The van der Waals surface area contributed by atoms with Gasteiger partial charge in [0.2, 0.25) is 65.0 Å². The Labute approximate surface area is 614 Å². The van der Waals surface area contributed by atoms with Gasteiger partial charge in [-0.3, -0.25) is 87.6 Å². The number of hydroxylamine groups is 6. The van der Waals surface area contributed by atoms with Crippen LogP contribution >= 0.6 is 11.8 Å². The van der Waals surface area contributed by atoms with E-state index in [1.165, 1.54) is 26.0 Å². The van der Waals surface area contributed by atoms with Crippen molar-refractivity contribution in [3.05, 3.63) is 35.4 Å². The number of benzene rings is 1. The monoisotopic (exact) mass is 1520 g/mol. The minimum Gasteiger partial charge on any atom is -0.481 e. The molecular formula is C65H100N14O26S. The average Bonchev–Trinajstić information content (AvgIpc) is 1.77. The molecule has 1 aromatic rings. The van der Waals surface area contributed by atoms with E-state index >= 15 is 0 Å². The Kier molecular flexibility index (Phi) is 44.2. The van der Waals surface area contributed by atoms with Crippen molar-refractivity contribution in [1.29, 1.82) is 0 Å². The van der Waals surface area contributed by atoms with Crippen molar-refractivity contribution >= 4 is 119 Å². The van der Waals surface area contributed by atoms with Crippen LogP contribution in [0.2, 0.25) is 0 Å². The second-order valence-electron chi connectivity index (χ2n) is 24.8. The number of nitrogens with one attached hydrogen (secondary N) is 10. The molecule has 1 heterocycles. The van der Waals surface area contributed by atoms with Crippen molar-refractivity contribution in [2.24, 2.45) is 0 Å². The van der Waals surface area contributed by atoms with Gasteiger partial charge in [0, 0.05) is 123 Å². The van der Waals surface area contributed by atoms with Gasteiger partial charge in [0.15, 0.2) is 0 Å². The fraction of sp³-hybridized carbons (Fsp3) is 0.631. The van der Waals surface area contributed by atoms with Crippen molar-refractivity contribution in [2.45, 2.75) is 204 Å². The van der Waals surface area contributed by atoms with Crippen LogP contribution in [0.5, 0.6) is 0 Å². The van der Waals surface area contributed by atoms with Crippen LogP contribution in [0.1, 0.15) is 166 Å². The third-order valence-corrected chi connectivity index (χ3v) is 17.3. The lowest BCUT2D eigenvalue weighted by Gasteiger charge is -2.23. The first-order valence-corrected chi connectivity index (χ1v) is 35.6. The number of hydrogen-bond acceptors (Lipinski definition) is 22. The predicted molar refractivity (Wildman–Crippen MR) is 369 cm³/mol. The molecule has 1 unspecified atom stereocenters. The van der Waals surface area contributed by atoms with Crippen LogP contribution in [-0.4, -0.2) is 262 Å². The third-order valence-electron chi connectivity index (χ3n) is 15.8. The quantitative estimate of drug-likeness (QED) is 0.0162. The van der Waals surface area contributed by atoms with Crippen LogP contribution in [0.25, 0.3) is 0 Å². The topological polar surface area (TPSA) is 602 Å². The Morgan fingerprint density at radius 1 is 0.472 bits per heavy atom. The van der Waals surface area contributed by atoms with Crippen LogP contribution in [0.15, 0.2) is 24.3 Å². The molecule has 0 aliphatic carbocycles. The SMILES string of the molecule is CC(=O)N(O)CCCCCNC(=O)CCC(=O)N(O)CCCCCNC(=O)CCC(=O)N(O)CCCCCNC(=O)CCN1C(=O)CC(SC[C@@H](C)NC(=O)[C@H](CC(=O)O)NC(=O)[C@H](CC(=O)O)NC(=O)Cc2ccc(CNC(=O)NCCCC[C@H](NC(=O)N[C@@H](CCC(=O)O)C(=O)O)C(=O)O)cc2)C1=O. The molecule has 0 saturated carbocycles. The highest BCUT2D eigenvalue weighted by atomic mass is 32.2. The Bertz CT molecular complexity index is 3170. The van der Waals surface area contributed by atoms with E-state index < -0.39 is 162 Å². The maximum absolute atomic E-state index is 13.4.